The average Bonchev–Trinajstić information content (AvgIpc) is 3.13. The molecule has 3 aromatic rings. The van der Waals surface area contributed by atoms with Crippen LogP contribution in [0.5, 0.6) is 0 Å². The zero-order chi connectivity index (χ0) is 17.9. The molecule has 132 valence electrons. The standard InChI is InChI=1S/C19H17N3O4/c23-18(20-17-8-9-26-21-17)19(24)22-10-15(11-22)25-12-14-6-3-5-13-4-1-2-7-16(13)14/h1-9,15H,10-12H2,(H,20,21,23). The van der Waals surface area contributed by atoms with E-state index < -0.39 is 11.8 Å². The predicted molar refractivity (Wildman–Crippen MR) is 94.2 cm³/mol. The van der Waals surface area contributed by atoms with Crippen LogP contribution in [0, 0.1) is 0 Å². The SMILES string of the molecule is O=C(Nc1ccon1)C(=O)N1CC(OCc2cccc3ccccc23)C1. The van der Waals surface area contributed by atoms with Gasteiger partial charge < -0.3 is 14.2 Å². The molecule has 0 aliphatic carbocycles. The molecular weight excluding hydrogens is 334 g/mol. The molecule has 1 aromatic heterocycles. The lowest BCUT2D eigenvalue weighted by molar-refractivity contribution is -0.153. The van der Waals surface area contributed by atoms with Crippen LogP contribution in [0.4, 0.5) is 5.82 Å². The summed E-state index contributed by atoms with van der Waals surface area (Å²) < 4.78 is 10.5. The number of amides is 2. The highest BCUT2D eigenvalue weighted by Crippen LogP contribution is 2.21. The highest BCUT2D eigenvalue weighted by molar-refractivity contribution is 6.39. The number of carbonyl (C=O) groups is 2. The first-order valence-corrected chi connectivity index (χ1v) is 8.29. The van der Waals surface area contributed by atoms with Gasteiger partial charge in [0, 0.05) is 19.2 Å². The first-order chi connectivity index (χ1) is 12.7. The minimum Gasteiger partial charge on any atom is -0.370 e. The summed E-state index contributed by atoms with van der Waals surface area (Å²) in [4.78, 5) is 25.3. The van der Waals surface area contributed by atoms with E-state index in [4.69, 9.17) is 4.74 Å². The van der Waals surface area contributed by atoms with Gasteiger partial charge in [0.1, 0.15) is 6.26 Å². The number of rotatable bonds is 4. The number of likely N-dealkylation sites (tertiary alicyclic amines) is 1. The molecule has 2 heterocycles. The lowest BCUT2D eigenvalue weighted by Crippen LogP contribution is -2.57. The highest BCUT2D eigenvalue weighted by Gasteiger charge is 2.34. The fourth-order valence-corrected chi connectivity index (χ4v) is 2.93. The fourth-order valence-electron chi connectivity index (χ4n) is 2.93. The molecule has 2 aromatic carbocycles. The van der Waals surface area contributed by atoms with Gasteiger partial charge in [0.2, 0.25) is 0 Å². The molecule has 2 amide bonds. The van der Waals surface area contributed by atoms with Crippen molar-refractivity contribution in [3.63, 3.8) is 0 Å². The number of carbonyl (C=O) groups excluding carboxylic acids is 2. The molecule has 1 fully saturated rings. The van der Waals surface area contributed by atoms with Crippen LogP contribution >= 0.6 is 0 Å². The summed E-state index contributed by atoms with van der Waals surface area (Å²) in [6.45, 7) is 1.27. The molecule has 7 nitrogen and oxygen atoms in total. The largest absolute Gasteiger partial charge is 0.370 e. The van der Waals surface area contributed by atoms with Crippen molar-refractivity contribution in [2.45, 2.75) is 12.7 Å². The molecule has 1 saturated heterocycles. The molecular formula is C19H17N3O4. The molecule has 1 aliphatic rings. The third kappa shape index (κ3) is 3.29. The summed E-state index contributed by atoms with van der Waals surface area (Å²) in [6, 6.07) is 15.7. The van der Waals surface area contributed by atoms with Crippen molar-refractivity contribution in [3.8, 4) is 0 Å². The average molecular weight is 351 g/mol. The second-order valence-corrected chi connectivity index (χ2v) is 6.12. The van der Waals surface area contributed by atoms with Crippen LogP contribution in [-0.4, -0.2) is 41.1 Å². The molecule has 4 rings (SSSR count). The summed E-state index contributed by atoms with van der Waals surface area (Å²) >= 11 is 0. The Kier molecular flexibility index (Phi) is 4.37. The first-order valence-electron chi connectivity index (χ1n) is 8.29. The Hall–Kier alpha value is -3.19. The summed E-state index contributed by atoms with van der Waals surface area (Å²) in [5, 5.41) is 8.26. The maximum atomic E-state index is 12.0. The van der Waals surface area contributed by atoms with Gasteiger partial charge in [0.15, 0.2) is 5.82 Å². The van der Waals surface area contributed by atoms with Gasteiger partial charge in [-0.3, -0.25) is 14.9 Å². The Morgan fingerprint density at radius 2 is 1.96 bits per heavy atom. The molecule has 1 aliphatic heterocycles. The van der Waals surface area contributed by atoms with Crippen LogP contribution in [-0.2, 0) is 20.9 Å². The van der Waals surface area contributed by atoms with Crippen molar-refractivity contribution in [1.29, 1.82) is 0 Å². The Labute approximate surface area is 149 Å². The van der Waals surface area contributed by atoms with E-state index in [-0.39, 0.29) is 11.9 Å². The second-order valence-electron chi connectivity index (χ2n) is 6.12. The van der Waals surface area contributed by atoms with Gasteiger partial charge in [-0.1, -0.05) is 47.6 Å². The van der Waals surface area contributed by atoms with E-state index in [9.17, 15) is 9.59 Å². The number of benzene rings is 2. The molecule has 0 saturated carbocycles. The summed E-state index contributed by atoms with van der Waals surface area (Å²) in [7, 11) is 0. The van der Waals surface area contributed by atoms with Gasteiger partial charge in [-0.2, -0.15) is 0 Å². The quantitative estimate of drug-likeness (QED) is 0.729. The number of ether oxygens (including phenoxy) is 1. The third-order valence-corrected chi connectivity index (χ3v) is 4.36. The summed E-state index contributed by atoms with van der Waals surface area (Å²) in [5.74, 6) is -1.11. The Morgan fingerprint density at radius 1 is 1.15 bits per heavy atom. The molecule has 26 heavy (non-hydrogen) atoms. The molecule has 0 radical (unpaired) electrons. The van der Waals surface area contributed by atoms with E-state index >= 15 is 0 Å². The van der Waals surface area contributed by atoms with E-state index in [2.05, 4.69) is 33.2 Å². The van der Waals surface area contributed by atoms with Gasteiger partial charge in [-0.05, 0) is 16.3 Å². The van der Waals surface area contributed by atoms with Gasteiger partial charge in [0.05, 0.1) is 12.7 Å². The molecule has 1 N–H and O–H groups in total. The van der Waals surface area contributed by atoms with Crippen molar-refractivity contribution in [2.24, 2.45) is 0 Å². The molecule has 0 atom stereocenters. The number of hydrogen-bond acceptors (Lipinski definition) is 5. The van der Waals surface area contributed by atoms with E-state index in [0.717, 1.165) is 10.9 Å². The van der Waals surface area contributed by atoms with Gasteiger partial charge in [0.25, 0.3) is 0 Å². The number of hydrogen-bond donors (Lipinski definition) is 1. The van der Waals surface area contributed by atoms with Crippen molar-refractivity contribution >= 4 is 28.4 Å². The van der Waals surface area contributed by atoms with Crippen molar-refractivity contribution < 1.29 is 18.8 Å². The first kappa shape index (κ1) is 16.3. The zero-order valence-corrected chi connectivity index (χ0v) is 13.9. The van der Waals surface area contributed by atoms with Crippen molar-refractivity contribution in [1.82, 2.24) is 10.1 Å². The lowest BCUT2D eigenvalue weighted by Gasteiger charge is -2.38. The maximum absolute atomic E-state index is 12.0. The molecule has 7 heteroatoms. The smallest absolute Gasteiger partial charge is 0.315 e. The number of aromatic nitrogens is 1. The fraction of sp³-hybridized carbons (Fsp3) is 0.211. The van der Waals surface area contributed by atoms with Crippen molar-refractivity contribution in [3.05, 3.63) is 60.4 Å². The van der Waals surface area contributed by atoms with Crippen molar-refractivity contribution in [2.75, 3.05) is 18.4 Å². The topological polar surface area (TPSA) is 84.7 Å². The highest BCUT2D eigenvalue weighted by atomic mass is 16.5. The number of anilines is 1. The van der Waals surface area contributed by atoms with E-state index in [0.29, 0.717) is 19.7 Å². The van der Waals surface area contributed by atoms with E-state index in [1.165, 1.54) is 22.6 Å². The monoisotopic (exact) mass is 351 g/mol. The van der Waals surface area contributed by atoms with E-state index in [1.807, 2.05) is 24.3 Å². The number of nitrogens with one attached hydrogen (secondary N) is 1. The molecule has 0 spiro atoms. The second kappa shape index (κ2) is 6.97. The normalized spacial score (nSPS) is 14.2. The molecule has 0 bridgehead atoms. The third-order valence-electron chi connectivity index (χ3n) is 4.36. The summed E-state index contributed by atoms with van der Waals surface area (Å²) in [5.41, 5.74) is 1.11. The van der Waals surface area contributed by atoms with E-state index in [1.54, 1.807) is 0 Å². The molecule has 0 unspecified atom stereocenters. The lowest BCUT2D eigenvalue weighted by atomic mass is 10.1. The van der Waals surface area contributed by atoms with Gasteiger partial charge >= 0.3 is 11.8 Å². The zero-order valence-electron chi connectivity index (χ0n) is 13.9. The Bertz CT molecular complexity index is 928. The minimum atomic E-state index is -0.730. The number of nitrogens with zero attached hydrogens (tertiary/aromatic N) is 2. The maximum Gasteiger partial charge on any atom is 0.315 e. The predicted octanol–water partition coefficient (Wildman–Crippen LogP) is 2.19. The minimum absolute atomic E-state index is 0.0715. The Morgan fingerprint density at radius 3 is 2.77 bits per heavy atom. The number of fused-ring (bicyclic) bond motifs is 1. The van der Waals surface area contributed by atoms with Crippen LogP contribution in [0.2, 0.25) is 0 Å². The van der Waals surface area contributed by atoms with Crippen LogP contribution < -0.4 is 5.32 Å². The van der Waals surface area contributed by atoms with Crippen LogP contribution in [0.1, 0.15) is 5.56 Å². The van der Waals surface area contributed by atoms with Crippen LogP contribution in [0.3, 0.4) is 0 Å². The van der Waals surface area contributed by atoms with Crippen LogP contribution in [0.25, 0.3) is 10.8 Å². The van der Waals surface area contributed by atoms with Crippen LogP contribution in [0.15, 0.2) is 59.3 Å². The Balaban J connectivity index is 1.28. The van der Waals surface area contributed by atoms with Gasteiger partial charge in [-0.15, -0.1) is 0 Å². The summed E-state index contributed by atoms with van der Waals surface area (Å²) in [6.07, 6.45) is 1.25. The van der Waals surface area contributed by atoms with Gasteiger partial charge in [-0.25, -0.2) is 0 Å².